The Morgan fingerprint density at radius 3 is 2.57 bits per heavy atom. The average Bonchev–Trinajstić information content (AvgIpc) is 3.10. The molecule has 0 aliphatic rings. The van der Waals surface area contributed by atoms with Crippen LogP contribution < -0.4 is 10.1 Å². The van der Waals surface area contributed by atoms with Crippen molar-refractivity contribution in [2.75, 3.05) is 13.7 Å². The fraction of sp³-hybridized carbons (Fsp3) is 0.294. The maximum atomic E-state index is 11.7. The van der Waals surface area contributed by atoms with Crippen molar-refractivity contribution in [2.45, 2.75) is 19.4 Å². The topological polar surface area (TPSA) is 64.6 Å². The van der Waals surface area contributed by atoms with Gasteiger partial charge >= 0.3 is 5.97 Å². The zero-order valence-corrected chi connectivity index (χ0v) is 13.7. The van der Waals surface area contributed by atoms with Crippen molar-refractivity contribution in [3.05, 3.63) is 52.2 Å². The molecular formula is C17H19NO4S. The van der Waals surface area contributed by atoms with E-state index in [2.05, 4.69) is 5.32 Å². The Kier molecular flexibility index (Phi) is 6.62. The number of carbonyl (C=O) groups excluding carboxylic acids is 2. The second-order valence-electron chi connectivity index (χ2n) is 4.92. The molecule has 1 heterocycles. The molecule has 23 heavy (non-hydrogen) atoms. The standard InChI is InChI=1S/C17H19NO4S/c1-21-15-5-2-13(3-6-15)10-18-16(19)11-22-17(20)7-4-14-8-9-23-12-14/h2-3,5-6,8-9,12H,4,7,10-11H2,1H3,(H,18,19). The highest BCUT2D eigenvalue weighted by Crippen LogP contribution is 2.11. The molecule has 0 spiro atoms. The van der Waals surface area contributed by atoms with Crippen LogP contribution in [0, 0.1) is 0 Å². The summed E-state index contributed by atoms with van der Waals surface area (Å²) in [6.45, 7) is 0.133. The molecule has 1 aromatic carbocycles. The first kappa shape index (κ1) is 17.0. The molecule has 0 aliphatic carbocycles. The van der Waals surface area contributed by atoms with Gasteiger partial charge in [0, 0.05) is 13.0 Å². The van der Waals surface area contributed by atoms with E-state index in [1.165, 1.54) is 0 Å². The fourth-order valence-corrected chi connectivity index (χ4v) is 2.60. The van der Waals surface area contributed by atoms with Crippen LogP contribution in [0.5, 0.6) is 5.75 Å². The number of rotatable bonds is 8. The van der Waals surface area contributed by atoms with E-state index in [0.717, 1.165) is 16.9 Å². The van der Waals surface area contributed by atoms with Crippen LogP contribution in [0.25, 0.3) is 0 Å². The highest BCUT2D eigenvalue weighted by Gasteiger charge is 2.08. The van der Waals surface area contributed by atoms with Gasteiger partial charge in [-0.25, -0.2) is 0 Å². The molecule has 0 saturated heterocycles. The summed E-state index contributed by atoms with van der Waals surface area (Å²) in [5.74, 6) is 0.0835. The van der Waals surface area contributed by atoms with Crippen molar-refractivity contribution in [3.63, 3.8) is 0 Å². The van der Waals surface area contributed by atoms with Crippen molar-refractivity contribution < 1.29 is 19.1 Å². The van der Waals surface area contributed by atoms with Crippen molar-refractivity contribution in [3.8, 4) is 5.75 Å². The molecular weight excluding hydrogens is 314 g/mol. The molecule has 122 valence electrons. The van der Waals surface area contributed by atoms with Crippen LogP contribution in [-0.4, -0.2) is 25.6 Å². The Bertz CT molecular complexity index is 623. The number of methoxy groups -OCH3 is 1. The number of aryl methyl sites for hydroxylation is 1. The van der Waals surface area contributed by atoms with E-state index in [-0.39, 0.29) is 24.9 Å². The number of nitrogens with one attached hydrogen (secondary N) is 1. The van der Waals surface area contributed by atoms with Gasteiger partial charge in [-0.1, -0.05) is 12.1 Å². The first-order valence-electron chi connectivity index (χ1n) is 7.23. The van der Waals surface area contributed by atoms with E-state index in [9.17, 15) is 9.59 Å². The SMILES string of the molecule is COc1ccc(CNC(=O)COC(=O)CCc2ccsc2)cc1. The second-order valence-corrected chi connectivity index (χ2v) is 5.70. The van der Waals surface area contributed by atoms with Crippen LogP contribution in [0.2, 0.25) is 0 Å². The smallest absolute Gasteiger partial charge is 0.306 e. The fourth-order valence-electron chi connectivity index (χ4n) is 1.89. The van der Waals surface area contributed by atoms with Gasteiger partial charge in [-0.15, -0.1) is 0 Å². The van der Waals surface area contributed by atoms with Crippen LogP contribution in [0.3, 0.4) is 0 Å². The number of hydrogen-bond donors (Lipinski definition) is 1. The van der Waals surface area contributed by atoms with Crippen LogP contribution in [-0.2, 0) is 27.3 Å². The number of carbonyl (C=O) groups is 2. The molecule has 1 aromatic heterocycles. The summed E-state index contributed by atoms with van der Waals surface area (Å²) >= 11 is 1.59. The average molecular weight is 333 g/mol. The Morgan fingerprint density at radius 2 is 1.91 bits per heavy atom. The molecule has 1 N–H and O–H groups in total. The van der Waals surface area contributed by atoms with Crippen molar-refractivity contribution in [2.24, 2.45) is 0 Å². The third-order valence-corrected chi connectivity index (χ3v) is 3.94. The van der Waals surface area contributed by atoms with Gasteiger partial charge in [-0.2, -0.15) is 11.3 Å². The first-order valence-corrected chi connectivity index (χ1v) is 8.18. The molecule has 0 atom stereocenters. The monoisotopic (exact) mass is 333 g/mol. The number of thiophene rings is 1. The van der Waals surface area contributed by atoms with E-state index >= 15 is 0 Å². The van der Waals surface area contributed by atoms with Gasteiger partial charge in [0.2, 0.25) is 0 Å². The summed E-state index contributed by atoms with van der Waals surface area (Å²) in [6, 6.07) is 9.36. The predicted molar refractivity (Wildman–Crippen MR) is 88.4 cm³/mol. The van der Waals surface area contributed by atoms with Gasteiger partial charge in [-0.3, -0.25) is 9.59 Å². The first-order chi connectivity index (χ1) is 11.2. The quantitative estimate of drug-likeness (QED) is 0.754. The molecule has 1 amide bonds. The molecule has 2 rings (SSSR count). The molecule has 6 heteroatoms. The molecule has 0 bridgehead atoms. The third-order valence-electron chi connectivity index (χ3n) is 3.21. The summed E-state index contributed by atoms with van der Waals surface area (Å²) in [6.07, 6.45) is 0.915. The largest absolute Gasteiger partial charge is 0.497 e. The lowest BCUT2D eigenvalue weighted by Crippen LogP contribution is -2.28. The minimum absolute atomic E-state index is 0.251. The zero-order chi connectivity index (χ0) is 16.5. The van der Waals surface area contributed by atoms with Gasteiger partial charge in [-0.05, 0) is 46.5 Å². The van der Waals surface area contributed by atoms with Gasteiger partial charge < -0.3 is 14.8 Å². The van der Waals surface area contributed by atoms with E-state index in [1.807, 2.05) is 41.1 Å². The van der Waals surface area contributed by atoms with Crippen LogP contribution in [0.1, 0.15) is 17.5 Å². The van der Waals surface area contributed by atoms with E-state index in [0.29, 0.717) is 13.0 Å². The summed E-state index contributed by atoms with van der Waals surface area (Å²) in [5.41, 5.74) is 2.05. The molecule has 0 unspecified atom stereocenters. The Hall–Kier alpha value is -2.34. The second kappa shape index (κ2) is 8.95. The van der Waals surface area contributed by atoms with Crippen molar-refractivity contribution in [1.82, 2.24) is 5.32 Å². The molecule has 0 aliphatic heterocycles. The molecule has 0 radical (unpaired) electrons. The normalized spacial score (nSPS) is 10.1. The third kappa shape index (κ3) is 6.12. The van der Waals surface area contributed by atoms with Gasteiger partial charge in [0.15, 0.2) is 6.61 Å². The van der Waals surface area contributed by atoms with Crippen LogP contribution >= 0.6 is 11.3 Å². The maximum absolute atomic E-state index is 11.7. The van der Waals surface area contributed by atoms with E-state index in [1.54, 1.807) is 18.4 Å². The summed E-state index contributed by atoms with van der Waals surface area (Å²) in [4.78, 5) is 23.2. The molecule has 0 saturated carbocycles. The van der Waals surface area contributed by atoms with Crippen molar-refractivity contribution in [1.29, 1.82) is 0 Å². The van der Waals surface area contributed by atoms with Crippen molar-refractivity contribution >= 4 is 23.2 Å². The van der Waals surface area contributed by atoms with Gasteiger partial charge in [0.25, 0.3) is 5.91 Å². The number of benzene rings is 1. The minimum Gasteiger partial charge on any atom is -0.497 e. The lowest BCUT2D eigenvalue weighted by Gasteiger charge is -2.07. The highest BCUT2D eigenvalue weighted by molar-refractivity contribution is 7.07. The highest BCUT2D eigenvalue weighted by atomic mass is 32.1. The number of amides is 1. The summed E-state index contributed by atoms with van der Waals surface area (Å²) in [5, 5.41) is 6.67. The Morgan fingerprint density at radius 1 is 1.13 bits per heavy atom. The minimum atomic E-state index is -0.365. The predicted octanol–water partition coefficient (Wildman–Crippen LogP) is 2.55. The Labute approximate surface area is 139 Å². The van der Waals surface area contributed by atoms with E-state index in [4.69, 9.17) is 9.47 Å². The maximum Gasteiger partial charge on any atom is 0.306 e. The number of hydrogen-bond acceptors (Lipinski definition) is 5. The zero-order valence-electron chi connectivity index (χ0n) is 12.9. The number of esters is 1. The lowest BCUT2D eigenvalue weighted by atomic mass is 10.2. The lowest BCUT2D eigenvalue weighted by molar-refractivity contribution is -0.148. The van der Waals surface area contributed by atoms with Crippen LogP contribution in [0.15, 0.2) is 41.1 Å². The van der Waals surface area contributed by atoms with E-state index < -0.39 is 0 Å². The van der Waals surface area contributed by atoms with Crippen LogP contribution in [0.4, 0.5) is 0 Å². The Balaban J connectivity index is 1.63. The molecule has 2 aromatic rings. The summed E-state index contributed by atoms with van der Waals surface area (Å²) < 4.78 is 10.0. The van der Waals surface area contributed by atoms with Gasteiger partial charge in [0.05, 0.1) is 7.11 Å². The van der Waals surface area contributed by atoms with Gasteiger partial charge in [0.1, 0.15) is 5.75 Å². The number of ether oxygens (including phenoxy) is 2. The summed E-state index contributed by atoms with van der Waals surface area (Å²) in [7, 11) is 1.60. The molecule has 5 nitrogen and oxygen atoms in total. The molecule has 0 fully saturated rings.